The van der Waals surface area contributed by atoms with Crippen molar-refractivity contribution in [3.05, 3.63) is 121 Å². The van der Waals surface area contributed by atoms with E-state index in [1.165, 1.54) is 23.6 Å². The number of oxime groups is 1. The fourth-order valence-corrected chi connectivity index (χ4v) is 10.0. The summed E-state index contributed by atoms with van der Waals surface area (Å²) in [6.45, 7) is 15.0. The summed E-state index contributed by atoms with van der Waals surface area (Å²) in [4.78, 5) is 78.5. The van der Waals surface area contributed by atoms with Gasteiger partial charge in [0.25, 0.3) is 11.8 Å². The van der Waals surface area contributed by atoms with E-state index >= 15 is 0 Å². The third kappa shape index (κ3) is 28.0. The van der Waals surface area contributed by atoms with E-state index in [0.717, 1.165) is 28.9 Å². The number of ketones is 1. The van der Waals surface area contributed by atoms with Gasteiger partial charge in [-0.15, -0.1) is 0 Å². The fourth-order valence-electron chi connectivity index (χ4n) is 8.63. The molecule has 6 rings (SSSR count). The summed E-state index contributed by atoms with van der Waals surface area (Å²) in [6, 6.07) is 21.6. The first kappa shape index (κ1) is 72.0. The van der Waals surface area contributed by atoms with Crippen molar-refractivity contribution in [1.29, 1.82) is 5.26 Å². The van der Waals surface area contributed by atoms with Crippen molar-refractivity contribution in [3.8, 4) is 11.8 Å². The van der Waals surface area contributed by atoms with Gasteiger partial charge in [0, 0.05) is 56.8 Å². The molecule has 0 saturated carbocycles. The zero-order valence-corrected chi connectivity index (χ0v) is 54.3. The summed E-state index contributed by atoms with van der Waals surface area (Å²) < 4.78 is 45.1. The Morgan fingerprint density at radius 1 is 0.778 bits per heavy atom. The molecule has 0 radical (unpaired) electrons. The number of amides is 3. The van der Waals surface area contributed by atoms with Crippen LogP contribution in [-0.4, -0.2) is 206 Å². The van der Waals surface area contributed by atoms with Gasteiger partial charge in [0.05, 0.1) is 128 Å². The highest BCUT2D eigenvalue weighted by molar-refractivity contribution is 9.10. The first-order chi connectivity index (χ1) is 43.9. The van der Waals surface area contributed by atoms with Gasteiger partial charge in [-0.05, 0) is 89.3 Å². The SMILES string of the molecule is CCCC(NC(=O)/C(C#N)=C/c1cccc(Br)n1)c1ccc(OCC=NOCC(=O)NCCOCCOCCOCCOCCOCCOCCOCCNC(=O)CN2CCN(c3cc(Nc4ncc(C(=O)Cc5c(C)cccc5Cl)s4)nc(C)n3)CC2)cc1. The molecule has 1 saturated heterocycles. The zero-order valence-electron chi connectivity index (χ0n) is 51.1. The number of thiazole rings is 1. The molecule has 3 amide bonds. The van der Waals surface area contributed by atoms with Crippen LogP contribution in [0.3, 0.4) is 0 Å². The number of benzene rings is 2. The lowest BCUT2D eigenvalue weighted by molar-refractivity contribution is -0.126. The van der Waals surface area contributed by atoms with Gasteiger partial charge in [-0.2, -0.15) is 5.26 Å². The highest BCUT2D eigenvalue weighted by Crippen LogP contribution is 2.28. The van der Waals surface area contributed by atoms with E-state index in [4.69, 9.17) is 54.3 Å². The van der Waals surface area contributed by atoms with Crippen molar-refractivity contribution in [1.82, 2.24) is 40.8 Å². The number of rotatable bonds is 44. The number of anilines is 3. The molecule has 4 N–H and O–H groups in total. The predicted octanol–water partition coefficient (Wildman–Crippen LogP) is 6.65. The van der Waals surface area contributed by atoms with Crippen LogP contribution in [0.2, 0.25) is 5.02 Å². The number of hydrogen-bond donors (Lipinski definition) is 4. The third-order valence-corrected chi connectivity index (χ3v) is 14.9. The monoisotopic (exact) mass is 1350 g/mol. The molecule has 1 unspecified atom stereocenters. The van der Waals surface area contributed by atoms with Crippen LogP contribution in [-0.2, 0) is 58.8 Å². The first-order valence-electron chi connectivity index (χ1n) is 29.7. The topological polar surface area (TPSA) is 294 Å². The minimum atomic E-state index is -0.486. The molecule has 0 spiro atoms. The molecular formula is C62H80BrClN12O13S. The lowest BCUT2D eigenvalue weighted by Crippen LogP contribution is -2.50. The second-order valence-electron chi connectivity index (χ2n) is 20.0. The molecule has 3 aromatic heterocycles. The van der Waals surface area contributed by atoms with Gasteiger partial charge in [-0.25, -0.2) is 19.9 Å². The normalized spacial score (nSPS) is 13.0. The summed E-state index contributed by atoms with van der Waals surface area (Å²) in [6.07, 6.45) is 6.10. The molecule has 1 aliphatic rings. The van der Waals surface area contributed by atoms with Crippen LogP contribution in [0, 0.1) is 25.2 Å². The Morgan fingerprint density at radius 3 is 1.99 bits per heavy atom. The molecule has 0 aliphatic carbocycles. The number of pyridine rings is 1. The van der Waals surface area contributed by atoms with Crippen LogP contribution >= 0.6 is 38.9 Å². The van der Waals surface area contributed by atoms with Gasteiger partial charge in [-0.3, -0.25) is 24.1 Å². The second kappa shape index (κ2) is 42.1. The number of halogens is 2. The van der Waals surface area contributed by atoms with Gasteiger partial charge in [0.15, 0.2) is 17.5 Å². The number of aromatic nitrogens is 4. The second-order valence-corrected chi connectivity index (χ2v) is 22.3. The van der Waals surface area contributed by atoms with Crippen molar-refractivity contribution < 1.29 is 61.9 Å². The van der Waals surface area contributed by atoms with E-state index in [-0.39, 0.29) is 48.8 Å². The number of Topliss-reactive ketones (excluding diaryl/α,β-unsaturated/α-hetero) is 1. The quantitative estimate of drug-likeness (QED) is 0.00604. The maximum atomic E-state index is 13.0. The minimum Gasteiger partial charge on any atom is -0.488 e. The Hall–Kier alpha value is -7.07. The number of carbonyl (C=O) groups is 4. The van der Waals surface area contributed by atoms with E-state index in [9.17, 15) is 24.4 Å². The van der Waals surface area contributed by atoms with E-state index in [2.05, 4.69) is 72.1 Å². The standard InChI is InChI=1S/C62H80BrClN12O13S/c1-4-7-53(73-61(80)48(41-65)38-49-9-6-11-56(63)72-49)47-12-14-50(15-13-47)88-25-18-69-89-44-60(79)67-17-24-82-27-29-84-31-33-86-35-37-87-36-34-85-32-30-83-28-26-81-23-16-66-59(78)43-75-19-21-76(22-20-75)58-40-57(70-46(3)71-58)74-62-68-42-55(90-62)54(77)39-51-45(2)8-5-10-52(51)64/h5-6,8-15,18,38,40,42,53H,4,7,16-17,19-37,39,43-44H2,1-3H3,(H,66,78)(H,67,79)(H,73,80)(H,68,70,71,74)/b48-38+,69-18?. The molecule has 0 bridgehead atoms. The molecule has 5 aromatic rings. The van der Waals surface area contributed by atoms with Gasteiger partial charge in [0.1, 0.15) is 46.1 Å². The lowest BCUT2D eigenvalue weighted by Gasteiger charge is -2.35. The highest BCUT2D eigenvalue weighted by atomic mass is 79.9. The highest BCUT2D eigenvalue weighted by Gasteiger charge is 2.22. The van der Waals surface area contributed by atoms with Crippen molar-refractivity contribution in [3.63, 3.8) is 0 Å². The molecule has 28 heteroatoms. The summed E-state index contributed by atoms with van der Waals surface area (Å²) in [7, 11) is 0. The molecule has 486 valence electrons. The Bertz CT molecular complexity index is 3080. The van der Waals surface area contributed by atoms with E-state index in [1.807, 2.05) is 57.2 Å². The summed E-state index contributed by atoms with van der Waals surface area (Å²) in [5.41, 5.74) is 3.10. The molecule has 1 atom stereocenters. The van der Waals surface area contributed by atoms with Crippen LogP contribution in [0.1, 0.15) is 63.7 Å². The van der Waals surface area contributed by atoms with Crippen LogP contribution in [0.15, 0.2) is 88.3 Å². The molecule has 1 aliphatic heterocycles. The van der Waals surface area contributed by atoms with Crippen molar-refractivity contribution in [2.24, 2.45) is 5.16 Å². The maximum Gasteiger partial charge on any atom is 0.262 e. The summed E-state index contributed by atoms with van der Waals surface area (Å²) in [5.74, 6) is 1.58. The minimum absolute atomic E-state index is 0.0459. The average Bonchev–Trinajstić information content (AvgIpc) is 2.20. The van der Waals surface area contributed by atoms with Crippen LogP contribution in [0.25, 0.3) is 6.08 Å². The van der Waals surface area contributed by atoms with E-state index in [0.29, 0.717) is 187 Å². The third-order valence-electron chi connectivity index (χ3n) is 13.2. The number of aryl methyl sites for hydroxylation is 2. The lowest BCUT2D eigenvalue weighted by atomic mass is 10.0. The van der Waals surface area contributed by atoms with Crippen molar-refractivity contribution >= 4 is 91.4 Å². The van der Waals surface area contributed by atoms with Gasteiger partial charge >= 0.3 is 0 Å². The van der Waals surface area contributed by atoms with Crippen LogP contribution in [0.4, 0.5) is 16.8 Å². The molecule has 2 aromatic carbocycles. The molecule has 4 heterocycles. The molecule has 1 fully saturated rings. The molecule has 25 nitrogen and oxygen atoms in total. The number of carbonyl (C=O) groups excluding carboxylic acids is 4. The number of piperazine rings is 1. The number of nitrogens with zero attached hydrogens (tertiary/aromatic N) is 8. The Balaban J connectivity index is 0.652. The maximum absolute atomic E-state index is 13.0. The van der Waals surface area contributed by atoms with Crippen molar-refractivity contribution in [2.45, 2.75) is 46.1 Å². The number of hydrogen-bond acceptors (Lipinski definition) is 23. The van der Waals surface area contributed by atoms with Crippen LogP contribution < -0.4 is 30.9 Å². The Kier molecular flexibility index (Phi) is 33.7. The Morgan fingerprint density at radius 2 is 1.39 bits per heavy atom. The first-order valence-corrected chi connectivity index (χ1v) is 31.7. The van der Waals surface area contributed by atoms with Gasteiger partial charge in [0.2, 0.25) is 5.91 Å². The van der Waals surface area contributed by atoms with Crippen LogP contribution in [0.5, 0.6) is 5.75 Å². The largest absolute Gasteiger partial charge is 0.488 e. The fraction of sp³-hybridized carbons (Fsp3) is 0.484. The van der Waals surface area contributed by atoms with Gasteiger partial charge < -0.3 is 68.9 Å². The number of ether oxygens (including phenoxy) is 8. The summed E-state index contributed by atoms with van der Waals surface area (Å²) in [5, 5.41) is 26.3. The molecular weight excluding hydrogens is 1270 g/mol. The van der Waals surface area contributed by atoms with E-state index < -0.39 is 5.91 Å². The summed E-state index contributed by atoms with van der Waals surface area (Å²) >= 11 is 10.9. The Labute approximate surface area is 542 Å². The number of nitriles is 1. The predicted molar refractivity (Wildman–Crippen MR) is 344 cm³/mol. The van der Waals surface area contributed by atoms with E-state index in [1.54, 1.807) is 42.6 Å². The zero-order chi connectivity index (χ0) is 64.0. The average molecular weight is 1350 g/mol. The molecule has 90 heavy (non-hydrogen) atoms. The number of nitrogens with one attached hydrogen (secondary N) is 4. The smallest absolute Gasteiger partial charge is 0.262 e. The van der Waals surface area contributed by atoms with Gasteiger partial charge in [-0.1, -0.05) is 71.8 Å². The van der Waals surface area contributed by atoms with Crippen molar-refractivity contribution in [2.75, 3.05) is 162 Å².